The Bertz CT molecular complexity index is 1690. The van der Waals surface area contributed by atoms with Gasteiger partial charge in [0, 0.05) is 29.4 Å². The quantitative estimate of drug-likeness (QED) is 0.240. The van der Waals surface area contributed by atoms with Gasteiger partial charge in [-0.15, -0.1) is 0 Å². The molecule has 2 N–H and O–H groups in total. The van der Waals surface area contributed by atoms with Crippen LogP contribution in [0.2, 0.25) is 0 Å². The van der Waals surface area contributed by atoms with Crippen LogP contribution < -0.4 is 9.47 Å². The molecule has 0 atom stereocenters. The number of allylic oxidation sites excluding steroid dienone is 2. The summed E-state index contributed by atoms with van der Waals surface area (Å²) in [6.07, 6.45) is 7.05. The van der Waals surface area contributed by atoms with Crippen LogP contribution in [0, 0.1) is 0 Å². The van der Waals surface area contributed by atoms with Crippen molar-refractivity contribution in [3.63, 3.8) is 0 Å². The van der Waals surface area contributed by atoms with Crippen LogP contribution in [0.25, 0.3) is 16.3 Å². The molecule has 0 bridgehead atoms. The SMILES string of the molecule is CC(/C=C1\Sc2ccccc2N1CS(=O)(=O)O)=C\c1sc2ccccc2[n+]1CS(=O)(=O)O.c1ccncc1. The van der Waals surface area contributed by atoms with Crippen molar-refractivity contribution in [2.75, 3.05) is 10.8 Å². The summed E-state index contributed by atoms with van der Waals surface area (Å²) in [5.74, 6) is -1.16. The maximum absolute atomic E-state index is 11.6. The molecular weight excluding hydrogens is 567 g/mol. The molecule has 2 aromatic heterocycles. The van der Waals surface area contributed by atoms with Gasteiger partial charge in [0.15, 0.2) is 5.88 Å². The molecule has 0 saturated heterocycles. The van der Waals surface area contributed by atoms with Crippen molar-refractivity contribution in [3.8, 4) is 0 Å². The molecule has 0 radical (unpaired) electrons. The second-order valence-corrected chi connectivity index (χ2v) is 13.1. The van der Waals surface area contributed by atoms with Gasteiger partial charge in [-0.2, -0.15) is 21.4 Å². The summed E-state index contributed by atoms with van der Waals surface area (Å²) in [6, 6.07) is 20.3. The largest absolute Gasteiger partial charge is 0.326 e. The first-order valence-electron chi connectivity index (χ1n) is 11.1. The lowest BCUT2D eigenvalue weighted by molar-refractivity contribution is -0.649. The van der Waals surface area contributed by atoms with E-state index in [1.165, 1.54) is 32.6 Å². The van der Waals surface area contributed by atoms with Gasteiger partial charge in [0.25, 0.3) is 21.0 Å². The fraction of sp³-hybridized carbons (Fsp3) is 0.120. The van der Waals surface area contributed by atoms with Gasteiger partial charge in [0.2, 0.25) is 5.52 Å². The number of pyridine rings is 1. The first-order valence-corrected chi connectivity index (χ1v) is 16.0. The third-order valence-corrected chi connectivity index (χ3v) is 8.52. The van der Waals surface area contributed by atoms with Gasteiger partial charge < -0.3 is 4.90 Å². The first kappa shape index (κ1) is 28.0. The van der Waals surface area contributed by atoms with Crippen LogP contribution >= 0.6 is 23.1 Å². The standard InChI is InChI=1S/C20H18N2O6S4.C5H5N/c1-14(10-19-21(12-31(23,24)25)15-6-2-4-8-17(15)29-19)11-20-22(13-32(26,27)28)16-7-3-5-9-18(16)30-20;1-2-4-6-5-3-1/h2-11H,12-13H2,1H3,(H-,23,24,25,26,27,28);1-5H/p+1. The number of anilines is 1. The summed E-state index contributed by atoms with van der Waals surface area (Å²) in [6.45, 7) is 1.81. The maximum atomic E-state index is 11.6. The predicted molar refractivity (Wildman–Crippen MR) is 151 cm³/mol. The average Bonchev–Trinajstić information content (AvgIpc) is 3.36. The van der Waals surface area contributed by atoms with Gasteiger partial charge in [0.05, 0.1) is 10.7 Å². The van der Waals surface area contributed by atoms with Crippen LogP contribution in [-0.2, 0) is 26.1 Å². The number of benzene rings is 2. The molecule has 1 aliphatic heterocycles. The van der Waals surface area contributed by atoms with Crippen LogP contribution in [-0.4, -0.2) is 36.8 Å². The van der Waals surface area contributed by atoms with Gasteiger partial charge in [-0.25, -0.2) is 0 Å². The van der Waals surface area contributed by atoms with E-state index in [9.17, 15) is 25.9 Å². The second-order valence-electron chi connectivity index (χ2n) is 8.15. The van der Waals surface area contributed by atoms with Crippen molar-refractivity contribution >= 4 is 65.3 Å². The Labute approximate surface area is 229 Å². The Morgan fingerprint density at radius 1 is 0.947 bits per heavy atom. The summed E-state index contributed by atoms with van der Waals surface area (Å²) in [5.41, 5.74) is 2.09. The van der Waals surface area contributed by atoms with E-state index in [1.54, 1.807) is 48.8 Å². The number of nitrogens with zero attached hydrogens (tertiary/aromatic N) is 3. The monoisotopic (exact) mass is 590 g/mol. The molecule has 2 aromatic carbocycles. The summed E-state index contributed by atoms with van der Waals surface area (Å²) >= 11 is 2.75. The molecule has 5 rings (SSSR count). The highest BCUT2D eigenvalue weighted by Gasteiger charge is 2.28. The zero-order valence-corrected chi connectivity index (χ0v) is 23.3. The van der Waals surface area contributed by atoms with Crippen molar-refractivity contribution in [3.05, 3.63) is 101 Å². The lowest BCUT2D eigenvalue weighted by atomic mass is 10.2. The number of thioether (sulfide) groups is 1. The summed E-state index contributed by atoms with van der Waals surface area (Å²) in [5, 5.41) is 1.22. The fourth-order valence-corrected chi connectivity index (χ4v) is 7.37. The zero-order chi connectivity index (χ0) is 27.3. The van der Waals surface area contributed by atoms with Crippen LogP contribution in [0.1, 0.15) is 11.9 Å². The smallest absolute Gasteiger partial charge is 0.317 e. The Kier molecular flexibility index (Phi) is 8.65. The molecule has 0 fully saturated rings. The van der Waals surface area contributed by atoms with Gasteiger partial charge in [-0.3, -0.25) is 14.1 Å². The highest BCUT2D eigenvalue weighted by molar-refractivity contribution is 8.03. The Balaban J connectivity index is 0.000000494. The number of hydrogen-bond acceptors (Lipinski definition) is 8. The first-order chi connectivity index (χ1) is 18.0. The Morgan fingerprint density at radius 2 is 1.63 bits per heavy atom. The molecule has 198 valence electrons. The Morgan fingerprint density at radius 3 is 2.26 bits per heavy atom. The van der Waals surface area contributed by atoms with Crippen molar-refractivity contribution in [2.24, 2.45) is 0 Å². The zero-order valence-electron chi connectivity index (χ0n) is 20.1. The van der Waals surface area contributed by atoms with Crippen LogP contribution in [0.15, 0.2) is 101 Å². The van der Waals surface area contributed by atoms with Gasteiger partial charge in [-0.05, 0) is 48.9 Å². The molecule has 38 heavy (non-hydrogen) atoms. The minimum absolute atomic E-state index is 0.582. The second kappa shape index (κ2) is 11.8. The van der Waals surface area contributed by atoms with E-state index < -0.39 is 32.0 Å². The average molecular weight is 591 g/mol. The minimum Gasteiger partial charge on any atom is -0.317 e. The van der Waals surface area contributed by atoms with Crippen molar-refractivity contribution in [1.29, 1.82) is 0 Å². The van der Waals surface area contributed by atoms with E-state index in [1.807, 2.05) is 49.4 Å². The molecule has 13 heteroatoms. The number of fused-ring (bicyclic) bond motifs is 2. The van der Waals surface area contributed by atoms with Crippen LogP contribution in [0.3, 0.4) is 0 Å². The predicted octanol–water partition coefficient (Wildman–Crippen LogP) is 4.82. The third-order valence-electron chi connectivity index (χ3n) is 5.13. The fourth-order valence-electron chi connectivity index (χ4n) is 3.66. The lowest BCUT2D eigenvalue weighted by Gasteiger charge is -2.18. The van der Waals surface area contributed by atoms with Crippen molar-refractivity contribution in [1.82, 2.24) is 4.98 Å². The normalized spacial score (nSPS) is 14.9. The molecule has 0 unspecified atom stereocenters. The van der Waals surface area contributed by atoms with Crippen molar-refractivity contribution < 1.29 is 30.5 Å². The van der Waals surface area contributed by atoms with Gasteiger partial charge >= 0.3 is 10.1 Å². The number of hydrogen-bond donors (Lipinski definition) is 2. The van der Waals surface area contributed by atoms with E-state index >= 15 is 0 Å². The molecule has 0 saturated carbocycles. The Hall–Kier alpha value is -3.07. The van der Waals surface area contributed by atoms with Crippen molar-refractivity contribution in [2.45, 2.75) is 17.7 Å². The highest BCUT2D eigenvalue weighted by Crippen LogP contribution is 2.46. The summed E-state index contributed by atoms with van der Waals surface area (Å²) in [7, 11) is -8.53. The minimum atomic E-state index is -4.27. The number of rotatable bonds is 6. The third kappa shape index (κ3) is 7.49. The van der Waals surface area contributed by atoms with Crippen LogP contribution in [0.5, 0.6) is 0 Å². The van der Waals surface area contributed by atoms with Gasteiger partial charge in [0.1, 0.15) is 4.70 Å². The molecule has 9 nitrogen and oxygen atoms in total. The van der Waals surface area contributed by atoms with E-state index in [0.717, 1.165) is 15.2 Å². The van der Waals surface area contributed by atoms with E-state index in [0.29, 0.717) is 21.2 Å². The summed E-state index contributed by atoms with van der Waals surface area (Å²) in [4.78, 5) is 6.16. The number of thiazole rings is 1. The molecular formula is C25H24N3O6S4+. The number of para-hydroxylation sites is 2. The number of aromatic nitrogens is 2. The molecule has 4 aromatic rings. The molecule has 3 heterocycles. The van der Waals surface area contributed by atoms with E-state index in [-0.39, 0.29) is 0 Å². The lowest BCUT2D eigenvalue weighted by Crippen LogP contribution is -2.39. The topological polar surface area (TPSA) is 129 Å². The molecule has 0 amide bonds. The van der Waals surface area contributed by atoms with Crippen LogP contribution in [0.4, 0.5) is 5.69 Å². The highest BCUT2D eigenvalue weighted by atomic mass is 32.2. The molecule has 0 spiro atoms. The maximum Gasteiger partial charge on any atom is 0.326 e. The summed E-state index contributed by atoms with van der Waals surface area (Å²) < 4.78 is 67.5. The van der Waals surface area contributed by atoms with E-state index in [4.69, 9.17) is 0 Å². The molecule has 0 aliphatic carbocycles. The molecule has 1 aliphatic rings. The van der Waals surface area contributed by atoms with Gasteiger partial charge in [-0.1, -0.05) is 53.4 Å². The van der Waals surface area contributed by atoms with E-state index in [2.05, 4.69) is 4.98 Å².